The van der Waals surface area contributed by atoms with Crippen molar-refractivity contribution in [1.29, 1.82) is 0 Å². The topological polar surface area (TPSA) is 83.6 Å². The van der Waals surface area contributed by atoms with Gasteiger partial charge >= 0.3 is 5.97 Å². The lowest BCUT2D eigenvalue weighted by molar-refractivity contribution is -0.137. The number of rotatable bonds is 6. The summed E-state index contributed by atoms with van der Waals surface area (Å²) >= 11 is 0. The van der Waals surface area contributed by atoms with E-state index in [2.05, 4.69) is 5.16 Å². The number of carboxylic acid groups (broad SMARTS) is 1. The van der Waals surface area contributed by atoms with Crippen LogP contribution in [0.25, 0.3) is 0 Å². The maximum absolute atomic E-state index is 12.7. The first kappa shape index (κ1) is 17.5. The van der Waals surface area contributed by atoms with Crippen molar-refractivity contribution in [2.45, 2.75) is 52.9 Å². The molecule has 0 bridgehead atoms. The predicted molar refractivity (Wildman–Crippen MR) is 85.0 cm³/mol. The van der Waals surface area contributed by atoms with Crippen molar-refractivity contribution in [3.63, 3.8) is 0 Å². The van der Waals surface area contributed by atoms with Gasteiger partial charge in [-0.05, 0) is 45.4 Å². The van der Waals surface area contributed by atoms with Gasteiger partial charge in [0.05, 0.1) is 5.69 Å². The van der Waals surface area contributed by atoms with Crippen molar-refractivity contribution in [3.8, 4) is 0 Å². The fourth-order valence-corrected chi connectivity index (χ4v) is 3.33. The number of aryl methyl sites for hydroxylation is 2. The number of aromatic nitrogens is 1. The van der Waals surface area contributed by atoms with Crippen molar-refractivity contribution in [2.24, 2.45) is 11.8 Å². The highest BCUT2D eigenvalue weighted by Gasteiger charge is 2.28. The molecular formula is C17H26N2O4. The van der Waals surface area contributed by atoms with Crippen LogP contribution < -0.4 is 0 Å². The number of nitrogens with zero attached hydrogens (tertiary/aromatic N) is 2. The molecule has 0 aliphatic carbocycles. The van der Waals surface area contributed by atoms with Gasteiger partial charge in [-0.25, -0.2) is 0 Å². The first-order valence-electron chi connectivity index (χ1n) is 8.30. The standard InChI is InChI=1S/C17H26N2O4/c1-11(9-15-12(2)18-23-13(15)3)17(22)19-8-4-5-14(10-19)6-7-16(20)21/h11,14H,4-10H2,1-3H3,(H,20,21)/t11-,14+/m0/s1. The van der Waals surface area contributed by atoms with Crippen molar-refractivity contribution < 1.29 is 19.2 Å². The Hall–Kier alpha value is -1.85. The van der Waals surface area contributed by atoms with Crippen LogP contribution in [-0.2, 0) is 16.0 Å². The van der Waals surface area contributed by atoms with E-state index in [1.54, 1.807) is 0 Å². The van der Waals surface area contributed by atoms with Crippen LogP contribution in [0.2, 0.25) is 0 Å². The molecule has 1 aromatic rings. The molecule has 2 heterocycles. The van der Waals surface area contributed by atoms with Gasteiger partial charge in [-0.3, -0.25) is 9.59 Å². The van der Waals surface area contributed by atoms with Gasteiger partial charge in [0.25, 0.3) is 0 Å². The highest BCUT2D eigenvalue weighted by molar-refractivity contribution is 5.79. The number of carboxylic acids is 1. The number of hydrogen-bond donors (Lipinski definition) is 1. The highest BCUT2D eigenvalue weighted by Crippen LogP contribution is 2.24. The van der Waals surface area contributed by atoms with E-state index in [4.69, 9.17) is 9.63 Å². The number of carbonyl (C=O) groups excluding carboxylic acids is 1. The molecule has 1 aliphatic heterocycles. The first-order chi connectivity index (χ1) is 10.9. The van der Waals surface area contributed by atoms with Crippen LogP contribution in [0.4, 0.5) is 0 Å². The molecule has 1 saturated heterocycles. The molecule has 6 nitrogen and oxygen atoms in total. The van der Waals surface area contributed by atoms with Crippen LogP contribution in [0.1, 0.15) is 49.6 Å². The molecule has 1 aliphatic rings. The molecule has 0 aromatic carbocycles. The van der Waals surface area contributed by atoms with Crippen LogP contribution in [0.3, 0.4) is 0 Å². The van der Waals surface area contributed by atoms with Crippen LogP contribution in [-0.4, -0.2) is 40.1 Å². The molecule has 0 saturated carbocycles. The smallest absolute Gasteiger partial charge is 0.303 e. The second kappa shape index (κ2) is 7.62. The average Bonchev–Trinajstić information content (AvgIpc) is 2.84. The Labute approximate surface area is 136 Å². The van der Waals surface area contributed by atoms with Crippen molar-refractivity contribution >= 4 is 11.9 Å². The van der Waals surface area contributed by atoms with Crippen molar-refractivity contribution in [2.75, 3.05) is 13.1 Å². The van der Waals surface area contributed by atoms with Gasteiger partial charge in [0.2, 0.25) is 5.91 Å². The molecule has 1 aromatic heterocycles. The molecule has 0 spiro atoms. The van der Waals surface area contributed by atoms with Crippen LogP contribution >= 0.6 is 0 Å². The SMILES string of the molecule is Cc1noc(C)c1C[C@H](C)C(=O)N1CCC[C@H](CCC(=O)O)C1. The zero-order chi connectivity index (χ0) is 17.0. The number of carbonyl (C=O) groups is 2. The summed E-state index contributed by atoms with van der Waals surface area (Å²) in [5.41, 5.74) is 1.87. The van der Waals surface area contributed by atoms with Crippen molar-refractivity contribution in [3.05, 3.63) is 17.0 Å². The maximum atomic E-state index is 12.7. The summed E-state index contributed by atoms with van der Waals surface area (Å²) in [6.45, 7) is 7.16. The molecule has 23 heavy (non-hydrogen) atoms. The summed E-state index contributed by atoms with van der Waals surface area (Å²) in [5.74, 6) is 0.338. The molecule has 1 N–H and O–H groups in total. The Balaban J connectivity index is 1.92. The molecule has 1 fully saturated rings. The number of likely N-dealkylation sites (tertiary alicyclic amines) is 1. The molecule has 0 unspecified atom stereocenters. The Morgan fingerprint density at radius 1 is 1.43 bits per heavy atom. The van der Waals surface area contributed by atoms with E-state index >= 15 is 0 Å². The number of aliphatic carboxylic acids is 1. The summed E-state index contributed by atoms with van der Waals surface area (Å²) in [6.07, 6.45) is 3.43. The van der Waals surface area contributed by atoms with Crippen LogP contribution in [0.15, 0.2) is 4.52 Å². The number of amides is 1. The second-order valence-corrected chi connectivity index (χ2v) is 6.63. The summed E-state index contributed by atoms with van der Waals surface area (Å²) in [4.78, 5) is 25.3. The number of piperidine rings is 1. The largest absolute Gasteiger partial charge is 0.481 e. The minimum absolute atomic E-state index is 0.120. The van der Waals surface area contributed by atoms with E-state index in [1.165, 1.54) is 0 Å². The Bertz CT molecular complexity index is 547. The lowest BCUT2D eigenvalue weighted by atomic mass is 9.91. The fourth-order valence-electron chi connectivity index (χ4n) is 3.33. The molecule has 0 radical (unpaired) electrons. The molecular weight excluding hydrogens is 296 g/mol. The third kappa shape index (κ3) is 4.56. The zero-order valence-electron chi connectivity index (χ0n) is 14.2. The normalized spacial score (nSPS) is 19.6. The number of hydrogen-bond acceptors (Lipinski definition) is 4. The monoisotopic (exact) mass is 322 g/mol. The van der Waals surface area contributed by atoms with E-state index in [-0.39, 0.29) is 18.2 Å². The lowest BCUT2D eigenvalue weighted by Crippen LogP contribution is -2.43. The second-order valence-electron chi connectivity index (χ2n) is 6.63. The van der Waals surface area contributed by atoms with E-state index < -0.39 is 5.97 Å². The van der Waals surface area contributed by atoms with E-state index in [9.17, 15) is 9.59 Å². The van der Waals surface area contributed by atoms with Gasteiger partial charge in [0, 0.05) is 31.0 Å². The van der Waals surface area contributed by atoms with Gasteiger partial charge in [-0.2, -0.15) is 0 Å². The lowest BCUT2D eigenvalue weighted by Gasteiger charge is -2.34. The summed E-state index contributed by atoms with van der Waals surface area (Å²) in [6, 6.07) is 0. The molecule has 1 amide bonds. The van der Waals surface area contributed by atoms with E-state index in [1.807, 2.05) is 25.7 Å². The third-order valence-electron chi connectivity index (χ3n) is 4.71. The summed E-state index contributed by atoms with van der Waals surface area (Å²) in [5, 5.41) is 12.7. The predicted octanol–water partition coefficient (Wildman–Crippen LogP) is 2.57. The zero-order valence-corrected chi connectivity index (χ0v) is 14.2. The van der Waals surface area contributed by atoms with Gasteiger partial charge in [0.1, 0.15) is 5.76 Å². The van der Waals surface area contributed by atoms with Gasteiger partial charge in [-0.1, -0.05) is 12.1 Å². The Morgan fingerprint density at radius 2 is 2.17 bits per heavy atom. The third-order valence-corrected chi connectivity index (χ3v) is 4.71. The van der Waals surface area contributed by atoms with E-state index in [0.717, 1.165) is 36.4 Å². The van der Waals surface area contributed by atoms with Crippen LogP contribution in [0, 0.1) is 25.7 Å². The fraction of sp³-hybridized carbons (Fsp3) is 0.706. The van der Waals surface area contributed by atoms with Gasteiger partial charge in [-0.15, -0.1) is 0 Å². The quantitative estimate of drug-likeness (QED) is 0.870. The Kier molecular flexibility index (Phi) is 5.80. The van der Waals surface area contributed by atoms with Gasteiger partial charge < -0.3 is 14.5 Å². The average molecular weight is 322 g/mol. The molecule has 128 valence electrons. The molecule has 2 rings (SSSR count). The highest BCUT2D eigenvalue weighted by atomic mass is 16.5. The first-order valence-corrected chi connectivity index (χ1v) is 8.30. The van der Waals surface area contributed by atoms with E-state index in [0.29, 0.717) is 25.3 Å². The minimum Gasteiger partial charge on any atom is -0.481 e. The van der Waals surface area contributed by atoms with Gasteiger partial charge in [0.15, 0.2) is 0 Å². The molecule has 6 heteroatoms. The minimum atomic E-state index is -0.764. The Morgan fingerprint density at radius 3 is 2.78 bits per heavy atom. The maximum Gasteiger partial charge on any atom is 0.303 e. The molecule has 2 atom stereocenters. The summed E-state index contributed by atoms with van der Waals surface area (Å²) < 4.78 is 5.16. The van der Waals surface area contributed by atoms with Crippen molar-refractivity contribution in [1.82, 2.24) is 10.1 Å². The summed E-state index contributed by atoms with van der Waals surface area (Å²) in [7, 11) is 0. The van der Waals surface area contributed by atoms with Crippen LogP contribution in [0.5, 0.6) is 0 Å².